The Morgan fingerprint density at radius 3 is 2.42 bits per heavy atom. The van der Waals surface area contributed by atoms with Gasteiger partial charge in [0, 0.05) is 6.04 Å². The first-order valence-electron chi connectivity index (χ1n) is 7.02. The van der Waals surface area contributed by atoms with Crippen molar-refractivity contribution >= 4 is 0 Å². The van der Waals surface area contributed by atoms with Gasteiger partial charge in [-0.05, 0) is 50.4 Å². The highest BCUT2D eigenvalue weighted by atomic mass is 14.8. The van der Waals surface area contributed by atoms with Gasteiger partial charge in [0.25, 0.3) is 0 Å². The zero-order chi connectivity index (χ0) is 13.7. The molecular formula is C18H23N. The van der Waals surface area contributed by atoms with Crippen LogP contribution in [-0.2, 0) is 6.42 Å². The van der Waals surface area contributed by atoms with Gasteiger partial charge in [0.05, 0.1) is 0 Å². The molecular weight excluding hydrogens is 230 g/mol. The van der Waals surface area contributed by atoms with Gasteiger partial charge in [0.1, 0.15) is 0 Å². The van der Waals surface area contributed by atoms with Crippen LogP contribution in [0.15, 0.2) is 48.5 Å². The predicted molar refractivity (Wildman–Crippen MR) is 83.5 cm³/mol. The van der Waals surface area contributed by atoms with Crippen molar-refractivity contribution in [3.63, 3.8) is 0 Å². The fraction of sp³-hybridized carbons (Fsp3) is 0.333. The predicted octanol–water partition coefficient (Wildman–Crippen LogP) is 4.20. The van der Waals surface area contributed by atoms with Crippen molar-refractivity contribution < 1.29 is 0 Å². The molecule has 2 aromatic rings. The van der Waals surface area contributed by atoms with Gasteiger partial charge >= 0.3 is 0 Å². The summed E-state index contributed by atoms with van der Waals surface area (Å²) < 4.78 is 0. The standard InChI is InChI=1S/C18H23N/c1-14-7-11-17(12-8-14)18-6-4-5-16(13-18)10-9-15(2)19-3/h4-8,11-13,15,19H,9-10H2,1-3H3. The van der Waals surface area contributed by atoms with Crippen LogP contribution in [0.2, 0.25) is 0 Å². The van der Waals surface area contributed by atoms with Gasteiger partial charge in [-0.3, -0.25) is 0 Å². The van der Waals surface area contributed by atoms with Crippen LogP contribution in [0.5, 0.6) is 0 Å². The number of benzene rings is 2. The van der Waals surface area contributed by atoms with Gasteiger partial charge < -0.3 is 5.32 Å². The van der Waals surface area contributed by atoms with Gasteiger partial charge in [-0.15, -0.1) is 0 Å². The van der Waals surface area contributed by atoms with Gasteiger partial charge in [-0.25, -0.2) is 0 Å². The maximum absolute atomic E-state index is 3.29. The summed E-state index contributed by atoms with van der Waals surface area (Å²) in [5.41, 5.74) is 5.34. The number of hydrogen-bond donors (Lipinski definition) is 1. The van der Waals surface area contributed by atoms with E-state index in [1.165, 1.54) is 28.7 Å². The molecule has 1 atom stereocenters. The zero-order valence-electron chi connectivity index (χ0n) is 12.1. The van der Waals surface area contributed by atoms with Crippen molar-refractivity contribution in [3.8, 4) is 11.1 Å². The molecule has 0 spiro atoms. The highest BCUT2D eigenvalue weighted by Gasteiger charge is 2.02. The first-order chi connectivity index (χ1) is 9.19. The van der Waals surface area contributed by atoms with Crippen molar-refractivity contribution in [2.45, 2.75) is 32.7 Å². The number of rotatable bonds is 5. The molecule has 0 aliphatic rings. The molecule has 0 fully saturated rings. The molecule has 0 saturated carbocycles. The lowest BCUT2D eigenvalue weighted by Gasteiger charge is -2.10. The quantitative estimate of drug-likeness (QED) is 0.842. The number of nitrogens with one attached hydrogen (secondary N) is 1. The van der Waals surface area contributed by atoms with Crippen LogP contribution in [0.4, 0.5) is 0 Å². The molecule has 0 saturated heterocycles. The minimum atomic E-state index is 0.572. The highest BCUT2D eigenvalue weighted by molar-refractivity contribution is 5.64. The summed E-state index contributed by atoms with van der Waals surface area (Å²) in [5, 5.41) is 3.29. The fourth-order valence-corrected chi connectivity index (χ4v) is 2.18. The van der Waals surface area contributed by atoms with Gasteiger partial charge in [-0.1, -0.05) is 54.1 Å². The van der Waals surface area contributed by atoms with E-state index in [4.69, 9.17) is 0 Å². The van der Waals surface area contributed by atoms with Crippen LogP contribution < -0.4 is 5.32 Å². The van der Waals surface area contributed by atoms with Crippen LogP contribution in [0.25, 0.3) is 11.1 Å². The molecule has 0 aliphatic heterocycles. The fourth-order valence-electron chi connectivity index (χ4n) is 2.18. The van der Waals surface area contributed by atoms with E-state index < -0.39 is 0 Å². The van der Waals surface area contributed by atoms with Crippen LogP contribution in [-0.4, -0.2) is 13.1 Å². The molecule has 2 rings (SSSR count). The second kappa shape index (κ2) is 6.53. The van der Waals surface area contributed by atoms with E-state index in [2.05, 4.69) is 67.7 Å². The average molecular weight is 253 g/mol. The van der Waals surface area contributed by atoms with Crippen LogP contribution in [0.1, 0.15) is 24.5 Å². The minimum Gasteiger partial charge on any atom is -0.317 e. The zero-order valence-corrected chi connectivity index (χ0v) is 12.1. The lowest BCUT2D eigenvalue weighted by molar-refractivity contribution is 0.565. The van der Waals surface area contributed by atoms with Crippen molar-refractivity contribution in [2.24, 2.45) is 0 Å². The minimum absolute atomic E-state index is 0.572. The molecule has 19 heavy (non-hydrogen) atoms. The molecule has 0 amide bonds. The van der Waals surface area contributed by atoms with Crippen molar-refractivity contribution in [1.29, 1.82) is 0 Å². The summed E-state index contributed by atoms with van der Waals surface area (Å²) >= 11 is 0. The lowest BCUT2D eigenvalue weighted by Crippen LogP contribution is -2.21. The van der Waals surface area contributed by atoms with E-state index in [0.29, 0.717) is 6.04 Å². The number of aryl methyl sites for hydroxylation is 2. The normalized spacial score (nSPS) is 12.4. The molecule has 0 radical (unpaired) electrons. The van der Waals surface area contributed by atoms with E-state index >= 15 is 0 Å². The maximum atomic E-state index is 3.29. The molecule has 0 aromatic heterocycles. The largest absolute Gasteiger partial charge is 0.317 e. The van der Waals surface area contributed by atoms with Crippen molar-refractivity contribution in [1.82, 2.24) is 5.32 Å². The SMILES string of the molecule is CNC(C)CCc1cccc(-c2ccc(C)cc2)c1. The molecule has 0 aliphatic carbocycles. The summed E-state index contributed by atoms with van der Waals surface area (Å²) in [6.45, 7) is 4.35. The second-order valence-electron chi connectivity index (χ2n) is 5.29. The Morgan fingerprint density at radius 1 is 1.00 bits per heavy atom. The van der Waals surface area contributed by atoms with E-state index in [9.17, 15) is 0 Å². The molecule has 2 aromatic carbocycles. The Kier molecular flexibility index (Phi) is 4.75. The van der Waals surface area contributed by atoms with Crippen LogP contribution in [0.3, 0.4) is 0 Å². The Morgan fingerprint density at radius 2 is 1.74 bits per heavy atom. The van der Waals surface area contributed by atoms with E-state index in [-0.39, 0.29) is 0 Å². The second-order valence-corrected chi connectivity index (χ2v) is 5.29. The third-order valence-corrected chi connectivity index (χ3v) is 3.67. The van der Waals surface area contributed by atoms with Crippen molar-refractivity contribution in [3.05, 3.63) is 59.7 Å². The highest BCUT2D eigenvalue weighted by Crippen LogP contribution is 2.21. The van der Waals surface area contributed by atoms with E-state index in [1.807, 2.05) is 7.05 Å². The first-order valence-corrected chi connectivity index (χ1v) is 7.02. The summed E-state index contributed by atoms with van der Waals surface area (Å²) in [6.07, 6.45) is 2.30. The third-order valence-electron chi connectivity index (χ3n) is 3.67. The topological polar surface area (TPSA) is 12.0 Å². The lowest BCUT2D eigenvalue weighted by atomic mass is 9.99. The molecule has 1 heteroatoms. The summed E-state index contributed by atoms with van der Waals surface area (Å²) in [4.78, 5) is 0. The Hall–Kier alpha value is -1.60. The van der Waals surface area contributed by atoms with E-state index in [1.54, 1.807) is 0 Å². The molecule has 1 unspecified atom stereocenters. The molecule has 0 heterocycles. The molecule has 1 nitrogen and oxygen atoms in total. The van der Waals surface area contributed by atoms with Gasteiger partial charge in [0.2, 0.25) is 0 Å². The van der Waals surface area contributed by atoms with Crippen LogP contribution >= 0.6 is 0 Å². The first kappa shape index (κ1) is 13.8. The Labute approximate surface area is 116 Å². The molecule has 1 N–H and O–H groups in total. The van der Waals surface area contributed by atoms with Crippen molar-refractivity contribution in [2.75, 3.05) is 7.05 Å². The Bertz CT molecular complexity index is 513. The average Bonchev–Trinajstić information content (AvgIpc) is 2.46. The summed E-state index contributed by atoms with van der Waals surface area (Å²) in [7, 11) is 2.02. The third kappa shape index (κ3) is 3.93. The summed E-state index contributed by atoms with van der Waals surface area (Å²) in [6, 6.07) is 18.2. The summed E-state index contributed by atoms with van der Waals surface area (Å²) in [5.74, 6) is 0. The van der Waals surface area contributed by atoms with Crippen LogP contribution in [0, 0.1) is 6.92 Å². The van der Waals surface area contributed by atoms with E-state index in [0.717, 1.165) is 6.42 Å². The van der Waals surface area contributed by atoms with Gasteiger partial charge in [0.15, 0.2) is 0 Å². The maximum Gasteiger partial charge on any atom is 0.00388 e. The monoisotopic (exact) mass is 253 g/mol. The van der Waals surface area contributed by atoms with Gasteiger partial charge in [-0.2, -0.15) is 0 Å². The Balaban J connectivity index is 2.12. The molecule has 100 valence electrons. The smallest absolute Gasteiger partial charge is 0.00388 e. The number of hydrogen-bond acceptors (Lipinski definition) is 1. The molecule has 0 bridgehead atoms.